The largest absolute Gasteiger partial charge is 0.324 e. The van der Waals surface area contributed by atoms with E-state index in [4.69, 9.17) is 5.26 Å². The molecule has 82 valence electrons. The van der Waals surface area contributed by atoms with Gasteiger partial charge in [-0.15, -0.1) is 0 Å². The summed E-state index contributed by atoms with van der Waals surface area (Å²) in [7, 11) is 0. The summed E-state index contributed by atoms with van der Waals surface area (Å²) in [5.74, 6) is -0.578. The molecule has 5 heteroatoms. The number of hydrogen-bond donors (Lipinski definition) is 1. The first kappa shape index (κ1) is 12.4. The summed E-state index contributed by atoms with van der Waals surface area (Å²) in [5.41, 5.74) is 0.830. The Hall–Kier alpha value is -1.67. The molecule has 4 nitrogen and oxygen atoms in total. The Morgan fingerprint density at radius 3 is 2.75 bits per heavy atom. The Bertz CT molecular complexity index is 477. The van der Waals surface area contributed by atoms with Crippen LogP contribution in [-0.2, 0) is 4.79 Å². The van der Waals surface area contributed by atoms with Crippen molar-refractivity contribution in [2.75, 3.05) is 5.32 Å². The van der Waals surface area contributed by atoms with E-state index in [9.17, 15) is 9.59 Å². The van der Waals surface area contributed by atoms with Gasteiger partial charge in [-0.05, 0) is 35.0 Å². The Morgan fingerprint density at radius 2 is 2.19 bits per heavy atom. The van der Waals surface area contributed by atoms with Crippen molar-refractivity contribution in [2.24, 2.45) is 0 Å². The highest BCUT2D eigenvalue weighted by atomic mass is 79.9. The van der Waals surface area contributed by atoms with Crippen LogP contribution in [0, 0.1) is 11.3 Å². The van der Waals surface area contributed by atoms with E-state index in [1.165, 1.54) is 6.92 Å². The number of nitrogens with one attached hydrogen (secondary N) is 1. The van der Waals surface area contributed by atoms with E-state index in [-0.39, 0.29) is 12.2 Å². The molecule has 0 saturated carbocycles. The lowest BCUT2D eigenvalue weighted by Crippen LogP contribution is -2.13. The number of amides is 1. The Labute approximate surface area is 101 Å². The van der Waals surface area contributed by atoms with Crippen molar-refractivity contribution in [2.45, 2.75) is 13.3 Å². The number of ketones is 1. The van der Waals surface area contributed by atoms with Gasteiger partial charge in [-0.25, -0.2) is 0 Å². The summed E-state index contributed by atoms with van der Waals surface area (Å²) >= 11 is 3.25. The highest BCUT2D eigenvalue weighted by Crippen LogP contribution is 2.26. The fraction of sp³-hybridized carbons (Fsp3) is 0.182. The minimum Gasteiger partial charge on any atom is -0.324 e. The number of Topliss-reactive ketones (excluding diaryl/α,β-unsaturated/α-hetero) is 1. The van der Waals surface area contributed by atoms with Crippen LogP contribution >= 0.6 is 15.9 Å². The van der Waals surface area contributed by atoms with Crippen molar-refractivity contribution in [1.82, 2.24) is 0 Å². The van der Waals surface area contributed by atoms with Crippen molar-refractivity contribution in [3.8, 4) is 6.07 Å². The number of halogens is 1. The molecule has 0 spiro atoms. The van der Waals surface area contributed by atoms with Gasteiger partial charge in [-0.3, -0.25) is 9.59 Å². The summed E-state index contributed by atoms with van der Waals surface area (Å²) in [4.78, 5) is 22.6. The van der Waals surface area contributed by atoms with E-state index in [1.807, 2.05) is 0 Å². The topological polar surface area (TPSA) is 70.0 Å². The maximum Gasteiger partial charge on any atom is 0.238 e. The van der Waals surface area contributed by atoms with E-state index < -0.39 is 5.91 Å². The number of nitriles is 1. The molecule has 0 aliphatic heterocycles. The van der Waals surface area contributed by atoms with Crippen LogP contribution in [0.15, 0.2) is 22.7 Å². The number of rotatable bonds is 3. The molecule has 0 radical (unpaired) electrons. The van der Waals surface area contributed by atoms with Crippen LogP contribution in [0.3, 0.4) is 0 Å². The standard InChI is InChI=1S/C11H9BrN2O2/c1-7(15)8-3-2-4-9(12)11(8)14-10(16)5-6-13/h2-4H,5H2,1H3,(H,14,16). The van der Waals surface area contributed by atoms with Crippen LogP contribution in [0.5, 0.6) is 0 Å². The predicted molar refractivity (Wildman–Crippen MR) is 63.0 cm³/mol. The highest BCUT2D eigenvalue weighted by Gasteiger charge is 2.12. The maximum atomic E-state index is 11.3. The first-order valence-electron chi connectivity index (χ1n) is 4.52. The number of para-hydroxylation sites is 1. The molecule has 0 heterocycles. The van der Waals surface area contributed by atoms with Crippen LogP contribution in [0.1, 0.15) is 23.7 Å². The number of benzene rings is 1. The van der Waals surface area contributed by atoms with Crippen LogP contribution < -0.4 is 5.32 Å². The Morgan fingerprint density at radius 1 is 1.50 bits per heavy atom. The maximum absolute atomic E-state index is 11.3. The van der Waals surface area contributed by atoms with Gasteiger partial charge in [0.05, 0.1) is 11.8 Å². The van der Waals surface area contributed by atoms with Gasteiger partial charge in [0.25, 0.3) is 0 Å². The fourth-order valence-electron chi connectivity index (χ4n) is 1.20. The van der Waals surface area contributed by atoms with Gasteiger partial charge in [0.1, 0.15) is 6.42 Å². The van der Waals surface area contributed by atoms with Crippen molar-refractivity contribution in [3.05, 3.63) is 28.2 Å². The molecule has 1 aromatic rings. The molecule has 0 atom stereocenters. The fourth-order valence-corrected chi connectivity index (χ4v) is 1.67. The van der Waals surface area contributed by atoms with Crippen LogP contribution in [0.25, 0.3) is 0 Å². The third-order valence-corrected chi connectivity index (χ3v) is 2.56. The molecule has 0 bridgehead atoms. The van der Waals surface area contributed by atoms with Crippen molar-refractivity contribution in [3.63, 3.8) is 0 Å². The molecule has 0 aliphatic carbocycles. The van der Waals surface area contributed by atoms with E-state index in [2.05, 4.69) is 21.2 Å². The van der Waals surface area contributed by atoms with Crippen LogP contribution in [-0.4, -0.2) is 11.7 Å². The Balaban J connectivity index is 3.07. The van der Waals surface area contributed by atoms with Gasteiger partial charge >= 0.3 is 0 Å². The second kappa shape index (κ2) is 5.42. The third-order valence-electron chi connectivity index (χ3n) is 1.90. The average molecular weight is 281 g/mol. The smallest absolute Gasteiger partial charge is 0.238 e. The van der Waals surface area contributed by atoms with Crippen LogP contribution in [0.2, 0.25) is 0 Å². The summed E-state index contributed by atoms with van der Waals surface area (Å²) in [6.45, 7) is 1.42. The number of carbonyl (C=O) groups excluding carboxylic acids is 2. The molecule has 1 aromatic carbocycles. The SMILES string of the molecule is CC(=O)c1cccc(Br)c1NC(=O)CC#N. The summed E-state index contributed by atoms with van der Waals surface area (Å²) in [6, 6.07) is 6.79. The van der Waals surface area contributed by atoms with Crippen molar-refractivity contribution < 1.29 is 9.59 Å². The monoisotopic (exact) mass is 280 g/mol. The van der Waals surface area contributed by atoms with Gasteiger partial charge in [-0.2, -0.15) is 5.26 Å². The molecule has 1 N–H and O–H groups in total. The molecule has 0 unspecified atom stereocenters. The summed E-state index contributed by atoms with van der Waals surface area (Å²) < 4.78 is 0.617. The molecule has 1 amide bonds. The number of carbonyl (C=O) groups is 2. The van der Waals surface area contributed by atoms with E-state index in [1.54, 1.807) is 24.3 Å². The number of nitrogens with zero attached hydrogens (tertiary/aromatic N) is 1. The van der Waals surface area contributed by atoms with Crippen molar-refractivity contribution >= 4 is 33.3 Å². The van der Waals surface area contributed by atoms with E-state index in [0.29, 0.717) is 15.7 Å². The van der Waals surface area contributed by atoms with Crippen molar-refractivity contribution in [1.29, 1.82) is 5.26 Å². The van der Waals surface area contributed by atoms with Gasteiger partial charge in [0.2, 0.25) is 5.91 Å². The minimum atomic E-state index is -0.433. The molecular formula is C11H9BrN2O2. The lowest BCUT2D eigenvalue weighted by atomic mass is 10.1. The number of hydrogen-bond acceptors (Lipinski definition) is 3. The zero-order valence-electron chi connectivity index (χ0n) is 8.58. The first-order valence-corrected chi connectivity index (χ1v) is 5.31. The molecule has 0 aliphatic rings. The minimum absolute atomic E-state index is 0.145. The van der Waals surface area contributed by atoms with Gasteiger partial charge in [-0.1, -0.05) is 6.07 Å². The number of anilines is 1. The van der Waals surface area contributed by atoms with Crippen LogP contribution in [0.4, 0.5) is 5.69 Å². The van der Waals surface area contributed by atoms with E-state index >= 15 is 0 Å². The predicted octanol–water partition coefficient (Wildman–Crippen LogP) is 2.50. The van der Waals surface area contributed by atoms with Gasteiger partial charge in [0, 0.05) is 10.0 Å². The second-order valence-electron chi connectivity index (χ2n) is 3.10. The lowest BCUT2D eigenvalue weighted by Gasteiger charge is -2.09. The second-order valence-corrected chi connectivity index (χ2v) is 3.96. The summed E-state index contributed by atoms with van der Waals surface area (Å²) in [6.07, 6.45) is -0.237. The molecular weight excluding hydrogens is 272 g/mol. The van der Waals surface area contributed by atoms with Gasteiger partial charge in [0.15, 0.2) is 5.78 Å². The van der Waals surface area contributed by atoms with E-state index in [0.717, 1.165) is 0 Å². The first-order chi connectivity index (χ1) is 7.56. The normalized spacial score (nSPS) is 9.31. The lowest BCUT2D eigenvalue weighted by molar-refractivity contribution is -0.115. The third kappa shape index (κ3) is 2.91. The Kier molecular flexibility index (Phi) is 4.20. The quantitative estimate of drug-likeness (QED) is 0.865. The highest BCUT2D eigenvalue weighted by molar-refractivity contribution is 9.10. The average Bonchev–Trinajstić information content (AvgIpc) is 2.21. The molecule has 16 heavy (non-hydrogen) atoms. The molecule has 1 rings (SSSR count). The molecule has 0 fully saturated rings. The van der Waals surface area contributed by atoms with Gasteiger partial charge < -0.3 is 5.32 Å². The zero-order chi connectivity index (χ0) is 12.1. The summed E-state index contributed by atoms with van der Waals surface area (Å²) in [5, 5.41) is 10.9. The molecule has 0 aromatic heterocycles. The molecule has 0 saturated heterocycles. The zero-order valence-corrected chi connectivity index (χ0v) is 10.2.